The van der Waals surface area contributed by atoms with Gasteiger partial charge in [0.05, 0.1) is 17.3 Å². The molecule has 10 nitrogen and oxygen atoms in total. The molecule has 0 spiro atoms. The summed E-state index contributed by atoms with van der Waals surface area (Å²) in [6.07, 6.45) is -4.10. The fourth-order valence-electron chi connectivity index (χ4n) is 3.30. The highest BCUT2D eigenvalue weighted by atomic mass is 19.1. The van der Waals surface area contributed by atoms with E-state index in [1.807, 2.05) is 0 Å². The standard InChI is InChI=1S/C23H17FN2O8/c24-15-11-26(23(31)25-19(15)28)20-17(27)18(34-22(30)14-9-5-2-6-10-14)16(33-20)12-32-21(29)13-7-3-1-4-8-13/h1-11,16,18,20H,12H2,(H,25,28,31)/t16-,18+,20-/m0/s1. The molecule has 2 heterocycles. The number of carbonyl (C=O) groups is 3. The zero-order valence-electron chi connectivity index (χ0n) is 17.4. The molecule has 34 heavy (non-hydrogen) atoms. The third kappa shape index (κ3) is 4.69. The van der Waals surface area contributed by atoms with Gasteiger partial charge in [-0.3, -0.25) is 19.1 Å². The van der Waals surface area contributed by atoms with Gasteiger partial charge in [-0.15, -0.1) is 0 Å². The third-order valence-electron chi connectivity index (χ3n) is 4.97. The van der Waals surface area contributed by atoms with Crippen LogP contribution in [0.4, 0.5) is 4.39 Å². The number of Topliss-reactive ketones (excluding diaryl/α,β-unsaturated/α-hetero) is 1. The number of esters is 2. The number of benzene rings is 2. The Balaban J connectivity index is 1.59. The molecule has 3 aromatic rings. The number of aromatic nitrogens is 2. The average Bonchev–Trinajstić information content (AvgIpc) is 3.15. The van der Waals surface area contributed by atoms with E-state index in [4.69, 9.17) is 14.2 Å². The summed E-state index contributed by atoms with van der Waals surface area (Å²) in [7, 11) is 0. The van der Waals surface area contributed by atoms with Gasteiger partial charge in [0.15, 0.2) is 6.10 Å². The molecule has 4 rings (SSSR count). The van der Waals surface area contributed by atoms with Crippen molar-refractivity contribution in [2.45, 2.75) is 18.4 Å². The minimum atomic E-state index is -1.73. The molecular weight excluding hydrogens is 451 g/mol. The van der Waals surface area contributed by atoms with Crippen molar-refractivity contribution in [2.24, 2.45) is 0 Å². The normalized spacial score (nSPS) is 19.6. The van der Waals surface area contributed by atoms with Crippen molar-refractivity contribution in [1.82, 2.24) is 9.55 Å². The maximum Gasteiger partial charge on any atom is 0.338 e. The molecule has 2 aromatic carbocycles. The van der Waals surface area contributed by atoms with Gasteiger partial charge >= 0.3 is 17.6 Å². The fraction of sp³-hybridized carbons (Fsp3) is 0.174. The van der Waals surface area contributed by atoms with Gasteiger partial charge in [-0.1, -0.05) is 36.4 Å². The predicted molar refractivity (Wildman–Crippen MR) is 113 cm³/mol. The van der Waals surface area contributed by atoms with Crippen LogP contribution in [0.5, 0.6) is 0 Å². The predicted octanol–water partition coefficient (Wildman–Crippen LogP) is 1.22. The summed E-state index contributed by atoms with van der Waals surface area (Å²) in [5.41, 5.74) is -2.00. The number of H-pyrrole nitrogens is 1. The topological polar surface area (TPSA) is 134 Å². The summed E-state index contributed by atoms with van der Waals surface area (Å²) < 4.78 is 30.4. The Labute approximate surface area is 190 Å². The molecule has 1 fully saturated rings. The molecule has 0 unspecified atom stereocenters. The van der Waals surface area contributed by atoms with Crippen LogP contribution in [0.2, 0.25) is 0 Å². The zero-order chi connectivity index (χ0) is 24.2. The summed E-state index contributed by atoms with van der Waals surface area (Å²) in [6, 6.07) is 15.8. The van der Waals surface area contributed by atoms with Gasteiger partial charge in [-0.05, 0) is 24.3 Å². The lowest BCUT2D eigenvalue weighted by molar-refractivity contribution is -0.130. The van der Waals surface area contributed by atoms with Gasteiger partial charge in [0.2, 0.25) is 17.8 Å². The first-order chi connectivity index (χ1) is 16.3. The van der Waals surface area contributed by atoms with Gasteiger partial charge in [0.25, 0.3) is 5.56 Å². The van der Waals surface area contributed by atoms with E-state index in [9.17, 15) is 28.4 Å². The molecule has 1 aromatic heterocycles. The SMILES string of the molecule is O=C(OC[C@@H]1O[C@H](n2cc(F)c(=O)[nH]c2=O)C(=O)[C@@H]1OC(=O)c1ccccc1)c1ccccc1. The summed E-state index contributed by atoms with van der Waals surface area (Å²) in [6.45, 7) is -0.511. The van der Waals surface area contributed by atoms with Crippen LogP contribution in [0, 0.1) is 5.82 Å². The number of halogens is 1. The molecule has 1 aliphatic rings. The molecule has 0 bridgehead atoms. The Morgan fingerprint density at radius 2 is 1.53 bits per heavy atom. The van der Waals surface area contributed by atoms with Gasteiger partial charge in [0, 0.05) is 0 Å². The molecular formula is C23H17FN2O8. The van der Waals surface area contributed by atoms with Crippen molar-refractivity contribution in [3.63, 3.8) is 0 Å². The lowest BCUT2D eigenvalue weighted by Crippen LogP contribution is -2.38. The van der Waals surface area contributed by atoms with Crippen molar-refractivity contribution >= 4 is 17.7 Å². The summed E-state index contributed by atoms with van der Waals surface area (Å²) in [5.74, 6) is -3.81. The Bertz CT molecular complexity index is 1340. The van der Waals surface area contributed by atoms with E-state index >= 15 is 0 Å². The number of nitrogens with zero attached hydrogens (tertiary/aromatic N) is 1. The Morgan fingerprint density at radius 1 is 0.941 bits per heavy atom. The van der Waals surface area contributed by atoms with Crippen LogP contribution in [0.15, 0.2) is 76.4 Å². The van der Waals surface area contributed by atoms with E-state index < -0.39 is 59.8 Å². The Kier molecular flexibility index (Phi) is 6.46. The number of nitrogens with one attached hydrogen (secondary N) is 1. The van der Waals surface area contributed by atoms with Crippen LogP contribution in [-0.2, 0) is 19.0 Å². The molecule has 1 N–H and O–H groups in total. The second kappa shape index (κ2) is 9.63. The van der Waals surface area contributed by atoms with Crippen molar-refractivity contribution in [2.75, 3.05) is 6.61 Å². The van der Waals surface area contributed by atoms with Crippen molar-refractivity contribution in [1.29, 1.82) is 0 Å². The quantitative estimate of drug-likeness (QED) is 0.534. The van der Waals surface area contributed by atoms with Crippen LogP contribution >= 0.6 is 0 Å². The molecule has 11 heteroatoms. The molecule has 3 atom stereocenters. The first-order valence-electron chi connectivity index (χ1n) is 10.0. The molecule has 0 radical (unpaired) electrons. The van der Waals surface area contributed by atoms with Gasteiger partial charge in [0.1, 0.15) is 12.7 Å². The Morgan fingerprint density at radius 3 is 2.15 bits per heavy atom. The number of hydrogen-bond acceptors (Lipinski definition) is 8. The van der Waals surface area contributed by atoms with E-state index in [2.05, 4.69) is 0 Å². The summed E-state index contributed by atoms with van der Waals surface area (Å²) >= 11 is 0. The lowest BCUT2D eigenvalue weighted by atomic mass is 10.1. The first-order valence-corrected chi connectivity index (χ1v) is 10.0. The maximum atomic E-state index is 13.8. The summed E-state index contributed by atoms with van der Waals surface area (Å²) in [5, 5.41) is 0. The van der Waals surface area contributed by atoms with Crippen LogP contribution in [-0.4, -0.2) is 46.1 Å². The summed E-state index contributed by atoms with van der Waals surface area (Å²) in [4.78, 5) is 63.1. The molecule has 0 aliphatic carbocycles. The van der Waals surface area contributed by atoms with E-state index in [0.29, 0.717) is 10.8 Å². The second-order valence-corrected chi connectivity index (χ2v) is 7.23. The maximum absolute atomic E-state index is 13.8. The molecule has 0 amide bonds. The lowest BCUT2D eigenvalue weighted by Gasteiger charge is -2.17. The number of rotatable bonds is 6. The van der Waals surface area contributed by atoms with Crippen LogP contribution in [0.1, 0.15) is 26.9 Å². The van der Waals surface area contributed by atoms with Gasteiger partial charge in [-0.25, -0.2) is 14.4 Å². The Hall–Kier alpha value is -4.38. The van der Waals surface area contributed by atoms with E-state index in [-0.39, 0.29) is 11.1 Å². The van der Waals surface area contributed by atoms with E-state index in [0.717, 1.165) is 0 Å². The van der Waals surface area contributed by atoms with Crippen molar-refractivity contribution < 1.29 is 33.0 Å². The number of hydrogen-bond donors (Lipinski definition) is 1. The van der Waals surface area contributed by atoms with Crippen LogP contribution < -0.4 is 11.2 Å². The highest BCUT2D eigenvalue weighted by Gasteiger charge is 2.48. The fourth-order valence-corrected chi connectivity index (χ4v) is 3.30. The van der Waals surface area contributed by atoms with Crippen molar-refractivity contribution in [3.05, 3.63) is 105 Å². The largest absolute Gasteiger partial charge is 0.459 e. The van der Waals surface area contributed by atoms with E-state index in [1.54, 1.807) is 41.4 Å². The highest BCUT2D eigenvalue weighted by molar-refractivity contribution is 5.95. The molecule has 1 aliphatic heterocycles. The molecule has 1 saturated heterocycles. The van der Waals surface area contributed by atoms with Crippen molar-refractivity contribution in [3.8, 4) is 0 Å². The van der Waals surface area contributed by atoms with Gasteiger partial charge < -0.3 is 14.2 Å². The zero-order valence-corrected chi connectivity index (χ0v) is 17.4. The smallest absolute Gasteiger partial charge is 0.338 e. The van der Waals surface area contributed by atoms with Crippen LogP contribution in [0.3, 0.4) is 0 Å². The minimum Gasteiger partial charge on any atom is -0.459 e. The van der Waals surface area contributed by atoms with E-state index in [1.165, 1.54) is 24.3 Å². The molecule has 0 saturated carbocycles. The average molecular weight is 468 g/mol. The van der Waals surface area contributed by atoms with Gasteiger partial charge in [-0.2, -0.15) is 4.39 Å². The number of ketones is 1. The number of carbonyl (C=O) groups excluding carboxylic acids is 3. The second-order valence-electron chi connectivity index (χ2n) is 7.23. The first kappa shape index (κ1) is 22.8. The number of aromatic amines is 1. The van der Waals surface area contributed by atoms with Crippen LogP contribution in [0.25, 0.3) is 0 Å². The highest BCUT2D eigenvalue weighted by Crippen LogP contribution is 2.28. The minimum absolute atomic E-state index is 0.144. The number of ether oxygens (including phenoxy) is 3. The third-order valence-corrected chi connectivity index (χ3v) is 4.97. The monoisotopic (exact) mass is 468 g/mol. The molecule has 174 valence electrons.